The Balaban J connectivity index is 1.26. The van der Waals surface area contributed by atoms with Gasteiger partial charge in [-0.25, -0.2) is 13.1 Å². The first-order valence-corrected chi connectivity index (χ1v) is 13.5. The second-order valence-corrected chi connectivity index (χ2v) is 10.7. The van der Waals surface area contributed by atoms with Crippen LogP contribution in [0.1, 0.15) is 48.3 Å². The van der Waals surface area contributed by atoms with E-state index in [1.165, 1.54) is 30.7 Å². The SMILES string of the molecule is O=C(Nc1cccc(-c2nnc3n2CCCCC3)c1)c1ccc(S(=O)(=O)NC[C@H]2CCCO2)cc1. The molecule has 2 aliphatic rings. The minimum Gasteiger partial charge on any atom is -0.377 e. The number of nitrogens with one attached hydrogen (secondary N) is 2. The molecule has 2 aliphatic heterocycles. The number of hydrogen-bond acceptors (Lipinski definition) is 6. The molecule has 10 heteroatoms. The summed E-state index contributed by atoms with van der Waals surface area (Å²) < 4.78 is 35.3. The van der Waals surface area contributed by atoms with Crippen LogP contribution in [0.4, 0.5) is 5.69 Å². The fourth-order valence-corrected chi connectivity index (χ4v) is 5.58. The highest BCUT2D eigenvalue weighted by atomic mass is 32.2. The lowest BCUT2D eigenvalue weighted by Crippen LogP contribution is -2.31. The number of aromatic nitrogens is 3. The van der Waals surface area contributed by atoms with Crippen molar-refractivity contribution in [3.05, 3.63) is 59.9 Å². The fraction of sp³-hybridized carbons (Fsp3) is 0.400. The molecule has 2 aromatic carbocycles. The van der Waals surface area contributed by atoms with E-state index in [4.69, 9.17) is 4.74 Å². The number of amides is 1. The van der Waals surface area contributed by atoms with Crippen molar-refractivity contribution < 1.29 is 17.9 Å². The van der Waals surface area contributed by atoms with E-state index in [1.807, 2.05) is 24.3 Å². The van der Waals surface area contributed by atoms with Crippen LogP contribution >= 0.6 is 0 Å². The molecule has 1 amide bonds. The second-order valence-electron chi connectivity index (χ2n) is 8.95. The van der Waals surface area contributed by atoms with Gasteiger partial charge >= 0.3 is 0 Å². The Morgan fingerprint density at radius 2 is 1.91 bits per heavy atom. The molecule has 3 aromatic rings. The van der Waals surface area contributed by atoms with Gasteiger partial charge in [0.25, 0.3) is 5.91 Å². The van der Waals surface area contributed by atoms with E-state index in [2.05, 4.69) is 24.8 Å². The molecule has 1 atom stereocenters. The summed E-state index contributed by atoms with van der Waals surface area (Å²) in [5, 5.41) is 11.6. The van der Waals surface area contributed by atoms with E-state index < -0.39 is 10.0 Å². The smallest absolute Gasteiger partial charge is 0.255 e. The quantitative estimate of drug-likeness (QED) is 0.519. The third-order valence-electron chi connectivity index (χ3n) is 6.44. The first-order valence-electron chi connectivity index (χ1n) is 12.0. The largest absolute Gasteiger partial charge is 0.377 e. The lowest BCUT2D eigenvalue weighted by atomic mass is 10.1. The molecule has 2 N–H and O–H groups in total. The Morgan fingerprint density at radius 1 is 1.06 bits per heavy atom. The summed E-state index contributed by atoms with van der Waals surface area (Å²) in [4.78, 5) is 12.9. The van der Waals surface area contributed by atoms with Crippen LogP contribution in [0, 0.1) is 0 Å². The van der Waals surface area contributed by atoms with Crippen molar-refractivity contribution in [3.63, 3.8) is 0 Å². The Kier molecular flexibility index (Phi) is 6.94. The summed E-state index contributed by atoms with van der Waals surface area (Å²) in [5.41, 5.74) is 1.89. The van der Waals surface area contributed by atoms with Crippen molar-refractivity contribution in [1.29, 1.82) is 0 Å². The summed E-state index contributed by atoms with van der Waals surface area (Å²) >= 11 is 0. The van der Waals surface area contributed by atoms with Gasteiger partial charge in [-0.05, 0) is 62.1 Å². The van der Waals surface area contributed by atoms with Gasteiger partial charge in [0.15, 0.2) is 5.82 Å². The van der Waals surface area contributed by atoms with Gasteiger partial charge in [-0.15, -0.1) is 10.2 Å². The molecular weight excluding hydrogens is 466 g/mol. The van der Waals surface area contributed by atoms with E-state index in [9.17, 15) is 13.2 Å². The maximum absolute atomic E-state index is 12.8. The number of carbonyl (C=O) groups excluding carboxylic acids is 1. The van der Waals surface area contributed by atoms with Gasteiger partial charge in [0.05, 0.1) is 11.0 Å². The van der Waals surface area contributed by atoms with Crippen LogP contribution in [-0.2, 0) is 27.7 Å². The normalized spacial score (nSPS) is 18.1. The average Bonchev–Trinajstić information content (AvgIpc) is 3.48. The van der Waals surface area contributed by atoms with Crippen LogP contribution in [0.5, 0.6) is 0 Å². The van der Waals surface area contributed by atoms with E-state index in [1.54, 1.807) is 0 Å². The van der Waals surface area contributed by atoms with Crippen molar-refractivity contribution in [2.24, 2.45) is 0 Å². The Hall–Kier alpha value is -3.08. The monoisotopic (exact) mass is 495 g/mol. The van der Waals surface area contributed by atoms with Gasteiger partial charge in [-0.1, -0.05) is 18.6 Å². The molecule has 5 rings (SSSR count). The van der Waals surface area contributed by atoms with Crippen LogP contribution in [0.25, 0.3) is 11.4 Å². The number of fused-ring (bicyclic) bond motifs is 1. The standard InChI is InChI=1S/C25H29N5O4S/c31-25(18-10-12-22(13-11-18)35(32,33)26-17-21-8-5-15-34-21)27-20-7-4-6-19(16-20)24-29-28-23-9-2-1-3-14-30(23)24/h4,6-7,10-13,16,21,26H,1-3,5,8-9,14-15,17H2,(H,27,31)/t21-/m1/s1. The summed E-state index contributed by atoms with van der Waals surface area (Å²) in [6, 6.07) is 13.4. The topological polar surface area (TPSA) is 115 Å². The molecule has 0 radical (unpaired) electrons. The van der Waals surface area contributed by atoms with Gasteiger partial charge in [0, 0.05) is 42.9 Å². The second kappa shape index (κ2) is 10.3. The number of anilines is 1. The highest BCUT2D eigenvalue weighted by molar-refractivity contribution is 7.89. The molecule has 1 aromatic heterocycles. The number of benzene rings is 2. The van der Waals surface area contributed by atoms with Crippen LogP contribution < -0.4 is 10.0 Å². The summed E-state index contributed by atoms with van der Waals surface area (Å²) in [7, 11) is -3.67. The molecule has 35 heavy (non-hydrogen) atoms. The molecule has 0 saturated carbocycles. The van der Waals surface area contributed by atoms with Crippen LogP contribution in [-0.4, -0.2) is 48.3 Å². The maximum Gasteiger partial charge on any atom is 0.255 e. The Bertz CT molecular complexity index is 1300. The van der Waals surface area contributed by atoms with E-state index in [0.29, 0.717) is 17.9 Å². The number of aryl methyl sites for hydroxylation is 1. The lowest BCUT2D eigenvalue weighted by Gasteiger charge is -2.12. The van der Waals surface area contributed by atoms with Crippen molar-refractivity contribution in [1.82, 2.24) is 19.5 Å². The van der Waals surface area contributed by atoms with Gasteiger partial charge in [0.1, 0.15) is 5.82 Å². The maximum atomic E-state index is 12.8. The lowest BCUT2D eigenvalue weighted by molar-refractivity contribution is 0.102. The van der Waals surface area contributed by atoms with E-state index in [0.717, 1.165) is 55.9 Å². The minimum atomic E-state index is -3.67. The zero-order chi connectivity index (χ0) is 24.3. The Labute approximate surface area is 205 Å². The molecule has 1 fully saturated rings. The summed E-state index contributed by atoms with van der Waals surface area (Å²) in [6.45, 7) is 1.81. The van der Waals surface area contributed by atoms with E-state index in [-0.39, 0.29) is 23.5 Å². The molecule has 184 valence electrons. The molecule has 0 aliphatic carbocycles. The van der Waals surface area contributed by atoms with Gasteiger partial charge in [0.2, 0.25) is 10.0 Å². The molecule has 0 spiro atoms. The minimum absolute atomic E-state index is 0.0849. The predicted octanol–water partition coefficient (Wildman–Crippen LogP) is 3.38. The van der Waals surface area contributed by atoms with Gasteiger partial charge in [-0.3, -0.25) is 4.79 Å². The summed E-state index contributed by atoms with van der Waals surface area (Å²) in [6.07, 6.45) is 6.05. The number of hydrogen-bond donors (Lipinski definition) is 2. The van der Waals surface area contributed by atoms with Crippen LogP contribution in [0.15, 0.2) is 53.4 Å². The molecule has 3 heterocycles. The van der Waals surface area contributed by atoms with Crippen LogP contribution in [0.2, 0.25) is 0 Å². The third-order valence-corrected chi connectivity index (χ3v) is 7.88. The van der Waals surface area contributed by atoms with Crippen LogP contribution in [0.3, 0.4) is 0 Å². The first kappa shape index (κ1) is 23.7. The highest BCUT2D eigenvalue weighted by Crippen LogP contribution is 2.25. The number of rotatable bonds is 7. The average molecular weight is 496 g/mol. The Morgan fingerprint density at radius 3 is 2.71 bits per heavy atom. The molecule has 1 saturated heterocycles. The van der Waals surface area contributed by atoms with Gasteiger partial charge in [-0.2, -0.15) is 0 Å². The van der Waals surface area contributed by atoms with Crippen molar-refractivity contribution in [2.45, 2.75) is 56.1 Å². The number of nitrogens with zero attached hydrogens (tertiary/aromatic N) is 3. The first-order chi connectivity index (χ1) is 17.0. The number of ether oxygens (including phenoxy) is 1. The molecule has 9 nitrogen and oxygen atoms in total. The predicted molar refractivity (Wildman–Crippen MR) is 132 cm³/mol. The third kappa shape index (κ3) is 5.44. The van der Waals surface area contributed by atoms with Crippen molar-refractivity contribution >= 4 is 21.6 Å². The zero-order valence-corrected chi connectivity index (χ0v) is 20.3. The van der Waals surface area contributed by atoms with E-state index >= 15 is 0 Å². The molecule has 0 bridgehead atoms. The number of sulfonamides is 1. The molecular formula is C25H29N5O4S. The van der Waals surface area contributed by atoms with Crippen molar-refractivity contribution in [2.75, 3.05) is 18.5 Å². The molecule has 0 unspecified atom stereocenters. The fourth-order valence-electron chi connectivity index (χ4n) is 4.51. The summed E-state index contributed by atoms with van der Waals surface area (Å²) in [5.74, 6) is 1.49. The van der Waals surface area contributed by atoms with Crippen molar-refractivity contribution in [3.8, 4) is 11.4 Å². The highest BCUT2D eigenvalue weighted by Gasteiger charge is 2.21. The van der Waals surface area contributed by atoms with Gasteiger partial charge < -0.3 is 14.6 Å². The number of carbonyl (C=O) groups is 1. The zero-order valence-electron chi connectivity index (χ0n) is 19.4.